The Kier molecular flexibility index (Phi) is 13.6. The molecule has 2 amide bonds. The van der Waals surface area contributed by atoms with Crippen LogP contribution in [-0.4, -0.2) is 105 Å². The first-order chi connectivity index (χ1) is 29.8. The predicted octanol–water partition coefficient (Wildman–Crippen LogP) is 6.13. The molecule has 4 aromatic heterocycles. The molecule has 15 nitrogen and oxygen atoms in total. The van der Waals surface area contributed by atoms with Gasteiger partial charge in [0, 0.05) is 84.7 Å². The van der Waals surface area contributed by atoms with Crippen LogP contribution in [0.25, 0.3) is 23.0 Å². The molecule has 0 saturated carbocycles. The second-order valence-electron chi connectivity index (χ2n) is 19.4. The van der Waals surface area contributed by atoms with Crippen LogP contribution in [0.1, 0.15) is 109 Å². The van der Waals surface area contributed by atoms with E-state index in [1.807, 2.05) is 78.4 Å². The Balaban J connectivity index is 1.02. The highest BCUT2D eigenvalue weighted by atomic mass is 19.1. The Hall–Kier alpha value is -5.35. The van der Waals surface area contributed by atoms with Crippen LogP contribution in [0.15, 0.2) is 30.5 Å². The Morgan fingerprint density at radius 3 is 2.00 bits per heavy atom. The summed E-state index contributed by atoms with van der Waals surface area (Å²) >= 11 is 0. The lowest BCUT2D eigenvalue weighted by Crippen LogP contribution is -2.49. The smallest absolute Gasteiger partial charge is 0.239 e. The standard InChI is InChI=1S/C47H63FN10O5/c1-45(2,3)55-38(59)26-57(8)44-33-15-13-17-35(33)52-42(54-44)37-23-29(48)22-30(50-37)25-46(4,5)56-39(60)27-58(9)43-32-14-12-16-34(32)51-41(53-43)36-24-31(19-20-49-36)62-28-47(6,7)63-40-18-10-11-21-61-40/h19-20,22-24,40H,10-18,21,25-28H2,1-9H3,(H,55,59)(H,56,60). The first-order valence-electron chi connectivity index (χ1n) is 22.2. The van der Waals surface area contributed by atoms with Gasteiger partial charge in [-0.15, -0.1) is 0 Å². The summed E-state index contributed by atoms with van der Waals surface area (Å²) in [4.78, 5) is 59.1. The summed E-state index contributed by atoms with van der Waals surface area (Å²) < 4.78 is 33.5. The minimum Gasteiger partial charge on any atom is -0.490 e. The summed E-state index contributed by atoms with van der Waals surface area (Å²) in [6.07, 6.45) is 9.75. The Labute approximate surface area is 370 Å². The van der Waals surface area contributed by atoms with Gasteiger partial charge in [0.2, 0.25) is 11.8 Å². The molecule has 338 valence electrons. The third-order valence-corrected chi connectivity index (χ3v) is 11.1. The number of carbonyl (C=O) groups is 2. The average Bonchev–Trinajstić information content (AvgIpc) is 3.88. The van der Waals surface area contributed by atoms with Crippen LogP contribution in [0.3, 0.4) is 0 Å². The molecule has 4 aromatic rings. The molecule has 5 heterocycles. The minimum atomic E-state index is -0.799. The van der Waals surface area contributed by atoms with Gasteiger partial charge in [-0.3, -0.25) is 14.6 Å². The highest BCUT2D eigenvalue weighted by molar-refractivity contribution is 5.83. The molecule has 0 aromatic carbocycles. The quantitative estimate of drug-likeness (QED) is 0.132. The molecule has 2 aliphatic carbocycles. The lowest BCUT2D eigenvalue weighted by atomic mass is 9.97. The van der Waals surface area contributed by atoms with Gasteiger partial charge in [0.05, 0.1) is 18.7 Å². The summed E-state index contributed by atoms with van der Waals surface area (Å²) in [7, 11) is 3.68. The number of ether oxygens (including phenoxy) is 3. The maximum atomic E-state index is 15.3. The van der Waals surface area contributed by atoms with Crippen LogP contribution in [0.2, 0.25) is 0 Å². The molecular weight excluding hydrogens is 804 g/mol. The van der Waals surface area contributed by atoms with Crippen molar-refractivity contribution in [2.45, 2.75) is 136 Å². The third-order valence-electron chi connectivity index (χ3n) is 11.1. The zero-order valence-electron chi connectivity index (χ0n) is 38.4. The van der Waals surface area contributed by atoms with Gasteiger partial charge in [-0.25, -0.2) is 29.3 Å². The summed E-state index contributed by atoms with van der Waals surface area (Å²) in [6.45, 7) is 14.7. The van der Waals surface area contributed by atoms with Gasteiger partial charge in [0.25, 0.3) is 0 Å². The number of fused-ring (bicyclic) bond motifs is 2. The van der Waals surface area contributed by atoms with Crippen LogP contribution in [0, 0.1) is 5.82 Å². The van der Waals surface area contributed by atoms with Crippen LogP contribution in [0.4, 0.5) is 16.0 Å². The van der Waals surface area contributed by atoms with Gasteiger partial charge in [0.1, 0.15) is 41.2 Å². The topological polar surface area (TPSA) is 170 Å². The summed E-state index contributed by atoms with van der Waals surface area (Å²) in [6, 6.07) is 6.34. The van der Waals surface area contributed by atoms with Crippen molar-refractivity contribution in [2.24, 2.45) is 0 Å². The number of halogens is 1. The number of amides is 2. The van der Waals surface area contributed by atoms with E-state index in [9.17, 15) is 9.59 Å². The van der Waals surface area contributed by atoms with E-state index in [0.717, 1.165) is 80.3 Å². The number of aryl methyl sites for hydroxylation is 2. The number of anilines is 2. The molecule has 16 heteroatoms. The van der Waals surface area contributed by atoms with Gasteiger partial charge in [-0.2, -0.15) is 0 Å². The van der Waals surface area contributed by atoms with E-state index >= 15 is 4.39 Å². The van der Waals surface area contributed by atoms with Crippen molar-refractivity contribution in [3.05, 3.63) is 64.5 Å². The van der Waals surface area contributed by atoms with E-state index in [2.05, 4.69) is 15.6 Å². The molecule has 3 aliphatic rings. The number of pyridine rings is 2. The van der Waals surface area contributed by atoms with Crippen molar-refractivity contribution in [3.63, 3.8) is 0 Å². The van der Waals surface area contributed by atoms with Gasteiger partial charge >= 0.3 is 0 Å². The van der Waals surface area contributed by atoms with Crippen molar-refractivity contribution in [1.29, 1.82) is 0 Å². The second kappa shape index (κ2) is 18.8. The van der Waals surface area contributed by atoms with Crippen LogP contribution >= 0.6 is 0 Å². The maximum Gasteiger partial charge on any atom is 0.239 e. The van der Waals surface area contributed by atoms with E-state index in [4.69, 9.17) is 39.1 Å². The second-order valence-corrected chi connectivity index (χ2v) is 19.4. The summed E-state index contributed by atoms with van der Waals surface area (Å²) in [5.41, 5.74) is 3.42. The number of likely N-dealkylation sites (N-methyl/N-ethyl adjacent to an activating group) is 2. The van der Waals surface area contributed by atoms with Gasteiger partial charge in [-0.1, -0.05) is 0 Å². The third kappa shape index (κ3) is 12.0. The van der Waals surface area contributed by atoms with Gasteiger partial charge < -0.3 is 34.6 Å². The van der Waals surface area contributed by atoms with Crippen LogP contribution < -0.4 is 25.2 Å². The molecule has 63 heavy (non-hydrogen) atoms. The number of hydrogen-bond acceptors (Lipinski definition) is 13. The molecule has 0 bridgehead atoms. The van der Waals surface area contributed by atoms with Crippen LogP contribution in [-0.2, 0) is 51.2 Å². The largest absolute Gasteiger partial charge is 0.490 e. The molecular formula is C47H63FN10O5. The molecule has 0 radical (unpaired) electrons. The molecule has 2 N–H and O–H groups in total. The van der Waals surface area contributed by atoms with Crippen LogP contribution in [0.5, 0.6) is 5.75 Å². The normalized spacial score (nSPS) is 16.3. The van der Waals surface area contributed by atoms with E-state index in [-0.39, 0.29) is 48.8 Å². The molecule has 0 spiro atoms. The maximum absolute atomic E-state index is 15.3. The molecule has 1 unspecified atom stereocenters. The first-order valence-corrected chi connectivity index (χ1v) is 22.2. The zero-order chi connectivity index (χ0) is 45.1. The first kappa shape index (κ1) is 45.7. The fourth-order valence-electron chi connectivity index (χ4n) is 8.47. The van der Waals surface area contributed by atoms with Crippen molar-refractivity contribution in [1.82, 2.24) is 40.5 Å². The van der Waals surface area contributed by atoms with Crippen molar-refractivity contribution in [2.75, 3.05) is 50.2 Å². The molecule has 1 fully saturated rings. The molecule has 7 rings (SSSR count). The SMILES string of the molecule is CN(CC(=O)NC(C)(C)Cc1cc(F)cc(-c2nc3c(c(N(C)CC(=O)NC(C)(C)C)n2)CCC3)n1)c1nc(-c2cc(OCC(C)(C)OC3CCCCO3)ccn2)nc2c1CCC2. The van der Waals surface area contributed by atoms with Gasteiger partial charge in [0.15, 0.2) is 17.9 Å². The number of aromatic nitrogens is 6. The zero-order valence-corrected chi connectivity index (χ0v) is 38.4. The van der Waals surface area contributed by atoms with Crippen molar-refractivity contribution >= 4 is 23.5 Å². The monoisotopic (exact) mass is 866 g/mol. The van der Waals surface area contributed by atoms with E-state index in [0.29, 0.717) is 53.6 Å². The fourth-order valence-corrected chi connectivity index (χ4v) is 8.47. The minimum absolute atomic E-state index is 0.0254. The van der Waals surface area contributed by atoms with E-state index in [1.54, 1.807) is 12.3 Å². The molecule has 1 aliphatic heterocycles. The lowest BCUT2D eigenvalue weighted by Gasteiger charge is -2.32. The van der Waals surface area contributed by atoms with E-state index in [1.165, 1.54) is 12.1 Å². The van der Waals surface area contributed by atoms with Crippen molar-refractivity contribution < 1.29 is 28.2 Å². The summed E-state index contributed by atoms with van der Waals surface area (Å²) in [5.74, 6) is 1.87. The number of nitrogens with one attached hydrogen (secondary N) is 2. The highest BCUT2D eigenvalue weighted by Crippen LogP contribution is 2.33. The molecule has 1 saturated heterocycles. The Morgan fingerprint density at radius 2 is 1.40 bits per heavy atom. The fraction of sp³-hybridized carbons (Fsp3) is 0.574. The molecule has 1 atom stereocenters. The summed E-state index contributed by atoms with van der Waals surface area (Å²) in [5, 5.41) is 6.14. The lowest BCUT2D eigenvalue weighted by molar-refractivity contribution is -0.221. The number of hydrogen-bond donors (Lipinski definition) is 2. The Morgan fingerprint density at radius 1 is 0.778 bits per heavy atom. The number of carbonyl (C=O) groups excluding carboxylic acids is 2. The average molecular weight is 867 g/mol. The number of nitrogens with zero attached hydrogens (tertiary/aromatic N) is 8. The van der Waals surface area contributed by atoms with Gasteiger partial charge in [-0.05, 0) is 118 Å². The number of rotatable bonds is 16. The Bertz CT molecular complexity index is 2310. The highest BCUT2D eigenvalue weighted by Gasteiger charge is 2.30. The van der Waals surface area contributed by atoms with Crippen molar-refractivity contribution in [3.8, 4) is 28.8 Å². The predicted molar refractivity (Wildman–Crippen MR) is 239 cm³/mol. The van der Waals surface area contributed by atoms with E-state index < -0.39 is 17.0 Å².